The Balaban J connectivity index is 1.74. The first-order chi connectivity index (χ1) is 13.6. The van der Waals surface area contributed by atoms with Crippen LogP contribution in [0.5, 0.6) is 0 Å². The summed E-state index contributed by atoms with van der Waals surface area (Å²) in [6.07, 6.45) is 3.54. The van der Waals surface area contributed by atoms with Crippen LogP contribution in [0.25, 0.3) is 17.1 Å². The van der Waals surface area contributed by atoms with Gasteiger partial charge in [0.05, 0.1) is 5.69 Å². The molecule has 0 unspecified atom stereocenters. The van der Waals surface area contributed by atoms with E-state index in [9.17, 15) is 0 Å². The molecule has 4 rings (SSSR count). The fraction of sp³-hybridized carbons (Fsp3) is 0.0952. The molecule has 4 aromatic rings. The predicted molar refractivity (Wildman–Crippen MR) is 118 cm³/mol. The van der Waals surface area contributed by atoms with Gasteiger partial charge in [0.1, 0.15) is 0 Å². The molecule has 7 heteroatoms. The van der Waals surface area contributed by atoms with Gasteiger partial charge in [0.15, 0.2) is 11.0 Å². The van der Waals surface area contributed by atoms with Crippen LogP contribution < -0.4 is 0 Å². The van der Waals surface area contributed by atoms with E-state index in [1.165, 1.54) is 5.56 Å². The molecular weight excluding hydrogens is 456 g/mol. The fourth-order valence-electron chi connectivity index (χ4n) is 2.73. The van der Waals surface area contributed by atoms with Gasteiger partial charge in [0.25, 0.3) is 0 Å². The summed E-state index contributed by atoms with van der Waals surface area (Å²) >= 11 is 11.5. The molecule has 0 N–H and O–H groups in total. The molecule has 0 aliphatic carbocycles. The van der Waals surface area contributed by atoms with Crippen molar-refractivity contribution in [1.29, 1.82) is 0 Å². The normalized spacial score (nSPS) is 11.0. The van der Waals surface area contributed by atoms with Crippen LogP contribution >= 0.6 is 39.3 Å². The quantitative estimate of drug-likeness (QED) is 0.318. The van der Waals surface area contributed by atoms with E-state index >= 15 is 0 Å². The molecule has 28 heavy (non-hydrogen) atoms. The van der Waals surface area contributed by atoms with Gasteiger partial charge in [-0.15, -0.1) is 10.2 Å². The van der Waals surface area contributed by atoms with Crippen LogP contribution in [0.15, 0.2) is 76.6 Å². The molecule has 2 aromatic heterocycles. The van der Waals surface area contributed by atoms with Gasteiger partial charge >= 0.3 is 0 Å². The van der Waals surface area contributed by atoms with Gasteiger partial charge < -0.3 is 0 Å². The molecule has 140 valence electrons. The molecule has 0 saturated heterocycles. The van der Waals surface area contributed by atoms with E-state index in [2.05, 4.69) is 43.2 Å². The van der Waals surface area contributed by atoms with Crippen molar-refractivity contribution in [2.24, 2.45) is 0 Å². The van der Waals surface area contributed by atoms with Crippen LogP contribution in [-0.2, 0) is 5.75 Å². The van der Waals surface area contributed by atoms with E-state index in [1.807, 2.05) is 54.0 Å². The molecule has 0 atom stereocenters. The van der Waals surface area contributed by atoms with Crippen LogP contribution in [-0.4, -0.2) is 19.7 Å². The lowest BCUT2D eigenvalue weighted by Crippen LogP contribution is -2.00. The average Bonchev–Trinajstić information content (AvgIpc) is 3.14. The molecule has 4 nitrogen and oxygen atoms in total. The van der Waals surface area contributed by atoms with Crippen molar-refractivity contribution in [3.8, 4) is 17.1 Å². The van der Waals surface area contributed by atoms with Crippen molar-refractivity contribution in [3.05, 3.63) is 87.6 Å². The van der Waals surface area contributed by atoms with E-state index in [-0.39, 0.29) is 0 Å². The smallest absolute Gasteiger partial charge is 0.196 e. The molecule has 0 fully saturated rings. The lowest BCUT2D eigenvalue weighted by atomic mass is 10.2. The number of aryl methyl sites for hydroxylation is 1. The number of aromatic nitrogens is 4. The van der Waals surface area contributed by atoms with Crippen LogP contribution in [0.3, 0.4) is 0 Å². The summed E-state index contributed by atoms with van der Waals surface area (Å²) < 4.78 is 3.10. The summed E-state index contributed by atoms with van der Waals surface area (Å²) in [6.45, 7) is 1.99. The highest BCUT2D eigenvalue weighted by Crippen LogP contribution is 2.31. The number of hydrogen-bond acceptors (Lipinski definition) is 4. The summed E-state index contributed by atoms with van der Waals surface area (Å²) in [4.78, 5) is 4.22. The molecule has 0 spiro atoms. The Bertz CT molecular complexity index is 1100. The Hall–Kier alpha value is -2.15. The Labute approximate surface area is 181 Å². The number of thioether (sulfide) groups is 1. The van der Waals surface area contributed by atoms with Crippen molar-refractivity contribution < 1.29 is 0 Å². The summed E-state index contributed by atoms with van der Waals surface area (Å²) in [5.41, 5.74) is 4.08. The Kier molecular flexibility index (Phi) is 5.80. The standard InChI is InChI=1S/C21H16BrClN4S/c1-14-4-9-18(11-19(14)23)27-20(16-3-2-10-24-12-16)25-26-21(27)28-13-15-5-7-17(22)8-6-15/h2-12H,13H2,1H3. The van der Waals surface area contributed by atoms with Gasteiger partial charge in [0, 0.05) is 33.2 Å². The third-order valence-corrected chi connectivity index (χ3v) is 6.18. The first kappa shape index (κ1) is 19.2. The SMILES string of the molecule is Cc1ccc(-n2c(SCc3ccc(Br)cc3)nnc2-c2cccnc2)cc1Cl. The van der Waals surface area contributed by atoms with E-state index < -0.39 is 0 Å². The maximum atomic E-state index is 6.39. The summed E-state index contributed by atoms with van der Waals surface area (Å²) in [6, 6.07) is 18.2. The van der Waals surface area contributed by atoms with E-state index in [1.54, 1.807) is 24.2 Å². The molecule has 0 aliphatic heterocycles. The summed E-state index contributed by atoms with van der Waals surface area (Å²) in [5, 5.41) is 10.4. The Morgan fingerprint density at radius 3 is 2.61 bits per heavy atom. The third kappa shape index (κ3) is 4.14. The van der Waals surface area contributed by atoms with Gasteiger partial charge in [0.2, 0.25) is 0 Å². The topological polar surface area (TPSA) is 43.6 Å². The van der Waals surface area contributed by atoms with Gasteiger partial charge in [-0.2, -0.15) is 0 Å². The molecular formula is C21H16BrClN4S. The predicted octanol–water partition coefficient (Wildman–Crippen LogP) is 6.35. The van der Waals surface area contributed by atoms with Crippen LogP contribution in [0.1, 0.15) is 11.1 Å². The maximum absolute atomic E-state index is 6.39. The van der Waals surface area contributed by atoms with Gasteiger partial charge in [-0.1, -0.05) is 57.5 Å². The van der Waals surface area contributed by atoms with E-state index in [4.69, 9.17) is 11.6 Å². The number of pyridine rings is 1. The molecule has 0 radical (unpaired) electrons. The second-order valence-electron chi connectivity index (χ2n) is 6.23. The van der Waals surface area contributed by atoms with Crippen molar-refractivity contribution in [2.45, 2.75) is 17.8 Å². The minimum Gasteiger partial charge on any atom is -0.270 e. The van der Waals surface area contributed by atoms with Crippen LogP contribution in [0.4, 0.5) is 0 Å². The number of nitrogens with zero attached hydrogens (tertiary/aromatic N) is 4. The zero-order valence-corrected chi connectivity index (χ0v) is 18.2. The average molecular weight is 472 g/mol. The fourth-order valence-corrected chi connectivity index (χ4v) is 4.07. The molecule has 0 aliphatic rings. The highest BCUT2D eigenvalue weighted by Gasteiger charge is 2.17. The number of benzene rings is 2. The largest absolute Gasteiger partial charge is 0.270 e. The third-order valence-electron chi connectivity index (χ3n) is 4.25. The minimum absolute atomic E-state index is 0.715. The second kappa shape index (κ2) is 8.47. The zero-order valence-electron chi connectivity index (χ0n) is 15.0. The zero-order chi connectivity index (χ0) is 19.5. The van der Waals surface area contributed by atoms with Gasteiger partial charge in [-0.25, -0.2) is 0 Å². The van der Waals surface area contributed by atoms with Gasteiger partial charge in [-0.3, -0.25) is 9.55 Å². The lowest BCUT2D eigenvalue weighted by Gasteiger charge is -2.11. The Morgan fingerprint density at radius 2 is 1.89 bits per heavy atom. The van der Waals surface area contributed by atoms with Crippen molar-refractivity contribution in [3.63, 3.8) is 0 Å². The summed E-state index contributed by atoms with van der Waals surface area (Å²) in [7, 11) is 0. The molecule has 0 amide bonds. The molecule has 2 aromatic carbocycles. The van der Waals surface area contributed by atoms with Crippen molar-refractivity contribution >= 4 is 39.3 Å². The monoisotopic (exact) mass is 470 g/mol. The van der Waals surface area contributed by atoms with Gasteiger partial charge in [-0.05, 0) is 54.4 Å². The van der Waals surface area contributed by atoms with Crippen molar-refractivity contribution in [2.75, 3.05) is 0 Å². The van der Waals surface area contributed by atoms with Crippen LogP contribution in [0, 0.1) is 6.92 Å². The first-order valence-electron chi connectivity index (χ1n) is 8.61. The minimum atomic E-state index is 0.715. The highest BCUT2D eigenvalue weighted by atomic mass is 79.9. The highest BCUT2D eigenvalue weighted by molar-refractivity contribution is 9.10. The number of rotatable bonds is 5. The molecule has 0 bridgehead atoms. The van der Waals surface area contributed by atoms with E-state index in [0.717, 1.165) is 38.0 Å². The summed E-state index contributed by atoms with van der Waals surface area (Å²) in [5.74, 6) is 1.53. The second-order valence-corrected chi connectivity index (χ2v) is 8.50. The van der Waals surface area contributed by atoms with E-state index in [0.29, 0.717) is 5.02 Å². The lowest BCUT2D eigenvalue weighted by molar-refractivity contribution is 0.885. The maximum Gasteiger partial charge on any atom is 0.196 e. The number of halogens is 2. The van der Waals surface area contributed by atoms with Crippen molar-refractivity contribution in [1.82, 2.24) is 19.7 Å². The molecule has 2 heterocycles. The number of hydrogen-bond donors (Lipinski definition) is 0. The first-order valence-corrected chi connectivity index (χ1v) is 10.8. The van der Waals surface area contributed by atoms with Crippen LogP contribution in [0.2, 0.25) is 5.02 Å². The Morgan fingerprint density at radius 1 is 1.07 bits per heavy atom. The molecule has 0 saturated carbocycles.